The van der Waals surface area contributed by atoms with E-state index in [0.717, 1.165) is 39.6 Å². The molecule has 0 radical (unpaired) electrons. The van der Waals surface area contributed by atoms with E-state index in [2.05, 4.69) is 15.7 Å². The topological polar surface area (TPSA) is 76.0 Å². The third-order valence-corrected chi connectivity index (χ3v) is 5.75. The number of rotatable bonds is 5. The molecule has 6 nitrogen and oxygen atoms in total. The van der Waals surface area contributed by atoms with Gasteiger partial charge >= 0.3 is 11.8 Å². The summed E-state index contributed by atoms with van der Waals surface area (Å²) >= 11 is 1.75. The highest BCUT2D eigenvalue weighted by Crippen LogP contribution is 2.36. The summed E-state index contributed by atoms with van der Waals surface area (Å²) in [5, 5.41) is 10.2. The van der Waals surface area contributed by atoms with Crippen molar-refractivity contribution >= 4 is 29.4 Å². The van der Waals surface area contributed by atoms with Crippen LogP contribution in [-0.4, -0.2) is 28.1 Å². The van der Waals surface area contributed by atoms with E-state index in [0.29, 0.717) is 18.8 Å². The van der Waals surface area contributed by atoms with Crippen molar-refractivity contribution in [1.82, 2.24) is 15.1 Å². The number of nitrogens with zero attached hydrogens (tertiary/aromatic N) is 2. The summed E-state index contributed by atoms with van der Waals surface area (Å²) in [7, 11) is 0. The van der Waals surface area contributed by atoms with Crippen molar-refractivity contribution in [2.45, 2.75) is 24.9 Å². The standard InChI is InChI=1S/C22H22N4O2S/c1-15-6-5-9-17(12-15)26-20(18-13-29-14-19(18)25-26)24-22(28)21(27)23-11-10-16-7-3-2-4-8-16/h2-9,12H,10-11,13-14H2,1H3,(H,23,27)(H,24,28). The molecule has 29 heavy (non-hydrogen) atoms. The normalized spacial score (nSPS) is 12.4. The van der Waals surface area contributed by atoms with Crippen molar-refractivity contribution in [3.8, 4) is 5.69 Å². The van der Waals surface area contributed by atoms with Crippen LogP contribution in [0.3, 0.4) is 0 Å². The highest BCUT2D eigenvalue weighted by Gasteiger charge is 2.26. The van der Waals surface area contributed by atoms with E-state index in [9.17, 15) is 9.59 Å². The van der Waals surface area contributed by atoms with Gasteiger partial charge in [-0.15, -0.1) is 0 Å². The number of amides is 2. The van der Waals surface area contributed by atoms with E-state index in [-0.39, 0.29) is 0 Å². The third kappa shape index (κ3) is 4.35. The molecule has 2 amide bonds. The number of thioether (sulfide) groups is 1. The highest BCUT2D eigenvalue weighted by molar-refractivity contribution is 7.98. The zero-order valence-electron chi connectivity index (χ0n) is 16.1. The van der Waals surface area contributed by atoms with Crippen molar-refractivity contribution in [1.29, 1.82) is 0 Å². The second-order valence-electron chi connectivity index (χ2n) is 6.96. The van der Waals surface area contributed by atoms with Crippen LogP contribution in [0.25, 0.3) is 5.69 Å². The number of carbonyl (C=O) groups excluding carboxylic acids is 2. The fraction of sp³-hybridized carbons (Fsp3) is 0.227. The Morgan fingerprint density at radius 1 is 1.07 bits per heavy atom. The minimum absolute atomic E-state index is 0.404. The summed E-state index contributed by atoms with van der Waals surface area (Å²) in [4.78, 5) is 24.8. The number of hydrogen-bond donors (Lipinski definition) is 2. The number of hydrogen-bond acceptors (Lipinski definition) is 4. The quantitative estimate of drug-likeness (QED) is 0.638. The van der Waals surface area contributed by atoms with Gasteiger partial charge in [0.1, 0.15) is 5.82 Å². The first-order valence-corrected chi connectivity index (χ1v) is 10.7. The zero-order chi connectivity index (χ0) is 20.2. The van der Waals surface area contributed by atoms with Gasteiger partial charge in [0.15, 0.2) is 0 Å². The number of anilines is 1. The van der Waals surface area contributed by atoms with Crippen molar-refractivity contribution in [3.05, 3.63) is 77.0 Å². The predicted molar refractivity (Wildman–Crippen MR) is 115 cm³/mol. The van der Waals surface area contributed by atoms with Crippen LogP contribution in [0.5, 0.6) is 0 Å². The molecular formula is C22H22N4O2S. The summed E-state index contributed by atoms with van der Waals surface area (Å²) in [6.45, 7) is 2.41. The van der Waals surface area contributed by atoms with E-state index in [1.807, 2.05) is 61.5 Å². The molecule has 4 rings (SSSR count). The first-order valence-electron chi connectivity index (χ1n) is 9.50. The van der Waals surface area contributed by atoms with E-state index in [1.165, 1.54) is 0 Å². The first kappa shape index (κ1) is 19.3. The summed E-state index contributed by atoms with van der Waals surface area (Å²) in [6, 6.07) is 17.8. The molecule has 7 heteroatoms. The zero-order valence-corrected chi connectivity index (χ0v) is 17.0. The van der Waals surface area contributed by atoms with E-state index in [1.54, 1.807) is 16.4 Å². The van der Waals surface area contributed by atoms with Crippen molar-refractivity contribution in [3.63, 3.8) is 0 Å². The molecule has 2 N–H and O–H groups in total. The fourth-order valence-corrected chi connectivity index (χ4v) is 4.33. The molecule has 148 valence electrons. The first-order chi connectivity index (χ1) is 14.1. The molecule has 0 saturated heterocycles. The Morgan fingerprint density at radius 2 is 1.90 bits per heavy atom. The second kappa shape index (κ2) is 8.53. The number of fused-ring (bicyclic) bond motifs is 1. The van der Waals surface area contributed by atoms with Gasteiger partial charge in [-0.1, -0.05) is 42.5 Å². The van der Waals surface area contributed by atoms with Gasteiger partial charge in [-0.2, -0.15) is 16.9 Å². The van der Waals surface area contributed by atoms with Crippen LogP contribution in [0, 0.1) is 6.92 Å². The highest BCUT2D eigenvalue weighted by atomic mass is 32.2. The maximum atomic E-state index is 12.5. The Hall–Kier alpha value is -3.06. The molecule has 1 aromatic heterocycles. The van der Waals surface area contributed by atoms with Crippen LogP contribution < -0.4 is 10.6 Å². The minimum atomic E-state index is -0.674. The number of aromatic nitrogens is 2. The molecule has 0 aliphatic carbocycles. The van der Waals surface area contributed by atoms with Gasteiger partial charge in [-0.3, -0.25) is 9.59 Å². The largest absolute Gasteiger partial charge is 0.347 e. The fourth-order valence-electron chi connectivity index (χ4n) is 3.30. The molecule has 2 heterocycles. The molecule has 0 bridgehead atoms. The van der Waals surface area contributed by atoms with Crippen LogP contribution in [0.15, 0.2) is 54.6 Å². The molecule has 3 aromatic rings. The lowest BCUT2D eigenvalue weighted by Crippen LogP contribution is -2.37. The molecule has 0 atom stereocenters. The molecule has 1 aliphatic heterocycles. The second-order valence-corrected chi connectivity index (χ2v) is 7.95. The van der Waals surface area contributed by atoms with E-state index < -0.39 is 11.8 Å². The smallest absolute Gasteiger partial charge is 0.314 e. The number of nitrogens with one attached hydrogen (secondary N) is 2. The molecule has 0 spiro atoms. The molecule has 1 aliphatic rings. The summed E-state index contributed by atoms with van der Waals surface area (Å²) in [6.07, 6.45) is 0.674. The van der Waals surface area contributed by atoms with Gasteiger partial charge < -0.3 is 10.6 Å². The van der Waals surface area contributed by atoms with Crippen LogP contribution >= 0.6 is 11.8 Å². The van der Waals surface area contributed by atoms with Gasteiger partial charge in [0, 0.05) is 23.6 Å². The van der Waals surface area contributed by atoms with Gasteiger partial charge in [0.05, 0.1) is 11.4 Å². The monoisotopic (exact) mass is 406 g/mol. The van der Waals surface area contributed by atoms with Crippen molar-refractivity contribution in [2.75, 3.05) is 11.9 Å². The van der Waals surface area contributed by atoms with E-state index >= 15 is 0 Å². The molecular weight excluding hydrogens is 384 g/mol. The molecule has 0 fully saturated rings. The third-order valence-electron chi connectivity index (χ3n) is 4.78. The lowest BCUT2D eigenvalue weighted by atomic mass is 10.1. The lowest BCUT2D eigenvalue weighted by molar-refractivity contribution is -0.136. The molecule has 0 unspecified atom stereocenters. The van der Waals surface area contributed by atoms with Crippen LogP contribution in [0.4, 0.5) is 5.82 Å². The Balaban J connectivity index is 1.47. The number of aryl methyl sites for hydroxylation is 1. The van der Waals surface area contributed by atoms with Crippen LogP contribution in [0.2, 0.25) is 0 Å². The predicted octanol–water partition coefficient (Wildman–Crippen LogP) is 3.22. The van der Waals surface area contributed by atoms with Crippen molar-refractivity contribution < 1.29 is 9.59 Å². The SMILES string of the molecule is Cc1cccc(-n2nc3c(c2NC(=O)C(=O)NCCc2ccccc2)CSC3)c1. The minimum Gasteiger partial charge on any atom is -0.347 e. The Bertz CT molecular complexity index is 1050. The van der Waals surface area contributed by atoms with Crippen LogP contribution in [0.1, 0.15) is 22.4 Å². The number of carbonyl (C=O) groups is 2. The van der Waals surface area contributed by atoms with Gasteiger partial charge in [-0.05, 0) is 36.6 Å². The molecule has 2 aromatic carbocycles. The maximum absolute atomic E-state index is 12.5. The Morgan fingerprint density at radius 3 is 2.69 bits per heavy atom. The maximum Gasteiger partial charge on any atom is 0.314 e. The lowest BCUT2D eigenvalue weighted by Gasteiger charge is -2.11. The van der Waals surface area contributed by atoms with Gasteiger partial charge in [-0.25, -0.2) is 4.68 Å². The average Bonchev–Trinajstić information content (AvgIpc) is 3.31. The Labute approximate surface area is 173 Å². The summed E-state index contributed by atoms with van der Waals surface area (Å²) < 4.78 is 1.73. The van der Waals surface area contributed by atoms with E-state index in [4.69, 9.17) is 0 Å². The average molecular weight is 407 g/mol. The summed E-state index contributed by atoms with van der Waals surface area (Å²) in [5.74, 6) is 0.842. The van der Waals surface area contributed by atoms with Crippen LogP contribution in [-0.2, 0) is 27.5 Å². The Kier molecular flexibility index (Phi) is 5.67. The van der Waals surface area contributed by atoms with Crippen molar-refractivity contribution in [2.24, 2.45) is 0 Å². The molecule has 0 saturated carbocycles. The number of benzene rings is 2. The summed E-state index contributed by atoms with van der Waals surface area (Å²) in [5.41, 5.74) is 5.02. The van der Waals surface area contributed by atoms with Gasteiger partial charge in [0.25, 0.3) is 0 Å². The van der Waals surface area contributed by atoms with Gasteiger partial charge in [0.2, 0.25) is 0 Å².